The van der Waals surface area contributed by atoms with Crippen molar-refractivity contribution in [1.29, 1.82) is 0 Å². The Labute approximate surface area is 115 Å². The Morgan fingerprint density at radius 1 is 1.00 bits per heavy atom. The van der Waals surface area contributed by atoms with Crippen LogP contribution >= 0.6 is 0 Å². The molecule has 1 unspecified atom stereocenters. The zero-order chi connectivity index (χ0) is 13.1. The summed E-state index contributed by atoms with van der Waals surface area (Å²) >= 11 is 0. The Balaban J connectivity index is 1.87. The molecule has 19 heavy (non-hydrogen) atoms. The molecule has 100 valence electrons. The van der Waals surface area contributed by atoms with Crippen molar-refractivity contribution in [3.63, 3.8) is 0 Å². The van der Waals surface area contributed by atoms with Crippen LogP contribution in [0.15, 0.2) is 42.5 Å². The molecule has 0 aliphatic heterocycles. The fourth-order valence-corrected chi connectivity index (χ4v) is 3.62. The van der Waals surface area contributed by atoms with Crippen LogP contribution in [0.2, 0.25) is 0 Å². The Morgan fingerprint density at radius 2 is 1.74 bits per heavy atom. The summed E-state index contributed by atoms with van der Waals surface area (Å²) in [4.78, 5) is 0. The van der Waals surface area contributed by atoms with Gasteiger partial charge in [0, 0.05) is 0 Å². The van der Waals surface area contributed by atoms with Crippen LogP contribution < -0.4 is 5.73 Å². The molecule has 1 heteroatoms. The molecule has 1 atom stereocenters. The van der Waals surface area contributed by atoms with Crippen LogP contribution in [0.5, 0.6) is 0 Å². The predicted molar refractivity (Wildman–Crippen MR) is 82.2 cm³/mol. The van der Waals surface area contributed by atoms with Gasteiger partial charge in [-0.3, -0.25) is 0 Å². The summed E-state index contributed by atoms with van der Waals surface area (Å²) in [5, 5.41) is 2.75. The van der Waals surface area contributed by atoms with Crippen molar-refractivity contribution in [3.8, 4) is 0 Å². The third-order valence-corrected chi connectivity index (χ3v) is 4.73. The van der Waals surface area contributed by atoms with Crippen LogP contribution in [0.1, 0.15) is 31.2 Å². The first kappa shape index (κ1) is 12.7. The van der Waals surface area contributed by atoms with Crippen molar-refractivity contribution in [3.05, 3.63) is 48.0 Å². The highest BCUT2D eigenvalue weighted by molar-refractivity contribution is 5.85. The second kappa shape index (κ2) is 5.75. The summed E-state index contributed by atoms with van der Waals surface area (Å²) in [6.45, 7) is 0.827. The molecule has 0 saturated heterocycles. The highest BCUT2D eigenvalue weighted by Crippen LogP contribution is 2.33. The van der Waals surface area contributed by atoms with E-state index >= 15 is 0 Å². The fraction of sp³-hybridized carbons (Fsp3) is 0.444. The van der Waals surface area contributed by atoms with Crippen LogP contribution in [0, 0.1) is 11.8 Å². The van der Waals surface area contributed by atoms with Crippen LogP contribution in [0.3, 0.4) is 0 Å². The Kier molecular flexibility index (Phi) is 3.84. The molecule has 1 saturated carbocycles. The van der Waals surface area contributed by atoms with Crippen molar-refractivity contribution in [2.24, 2.45) is 17.6 Å². The molecule has 0 bridgehead atoms. The van der Waals surface area contributed by atoms with E-state index in [4.69, 9.17) is 5.73 Å². The predicted octanol–water partition coefficient (Wildman–Crippen LogP) is 4.15. The van der Waals surface area contributed by atoms with Crippen molar-refractivity contribution in [1.82, 2.24) is 0 Å². The average molecular weight is 253 g/mol. The summed E-state index contributed by atoms with van der Waals surface area (Å²) in [5.41, 5.74) is 7.52. The monoisotopic (exact) mass is 253 g/mol. The van der Waals surface area contributed by atoms with Crippen molar-refractivity contribution < 1.29 is 0 Å². The standard InChI is InChI=1S/C18H23N/c19-13-17(14-6-1-2-7-14)12-16-10-5-9-15-8-3-4-11-18(15)16/h3-5,8-11,14,17H,1-2,6-7,12-13,19H2. The molecule has 1 fully saturated rings. The van der Waals surface area contributed by atoms with E-state index in [1.165, 1.54) is 42.0 Å². The minimum atomic E-state index is 0.660. The molecule has 0 radical (unpaired) electrons. The van der Waals surface area contributed by atoms with Crippen LogP contribution in [-0.2, 0) is 6.42 Å². The number of nitrogens with two attached hydrogens (primary N) is 1. The minimum Gasteiger partial charge on any atom is -0.330 e. The summed E-state index contributed by atoms with van der Waals surface area (Å²) in [5.74, 6) is 1.51. The number of fused-ring (bicyclic) bond motifs is 1. The minimum absolute atomic E-state index is 0.660. The SMILES string of the molecule is NCC(Cc1cccc2ccccc12)C1CCCC1. The summed E-state index contributed by atoms with van der Waals surface area (Å²) in [7, 11) is 0. The molecule has 2 aromatic carbocycles. The highest BCUT2D eigenvalue weighted by Gasteiger charge is 2.24. The van der Waals surface area contributed by atoms with Gasteiger partial charge < -0.3 is 5.73 Å². The molecule has 0 heterocycles. The lowest BCUT2D eigenvalue weighted by atomic mass is 9.84. The number of hydrogen-bond donors (Lipinski definition) is 1. The van der Waals surface area contributed by atoms with E-state index in [0.717, 1.165) is 18.9 Å². The molecule has 1 nitrogen and oxygen atoms in total. The topological polar surface area (TPSA) is 26.0 Å². The number of rotatable bonds is 4. The van der Waals surface area contributed by atoms with Crippen LogP contribution in [0.25, 0.3) is 10.8 Å². The van der Waals surface area contributed by atoms with Gasteiger partial charge in [-0.05, 0) is 41.1 Å². The maximum Gasteiger partial charge on any atom is -0.00430 e. The summed E-state index contributed by atoms with van der Waals surface area (Å²) < 4.78 is 0. The van der Waals surface area contributed by atoms with Crippen molar-refractivity contribution >= 4 is 10.8 Å². The second-order valence-electron chi connectivity index (χ2n) is 5.88. The lowest BCUT2D eigenvalue weighted by Crippen LogP contribution is -2.24. The summed E-state index contributed by atoms with van der Waals surface area (Å²) in [6, 6.07) is 15.4. The first-order valence-electron chi connectivity index (χ1n) is 7.55. The first-order chi connectivity index (χ1) is 9.38. The van der Waals surface area contributed by atoms with Crippen LogP contribution in [-0.4, -0.2) is 6.54 Å². The van der Waals surface area contributed by atoms with Gasteiger partial charge in [-0.1, -0.05) is 68.1 Å². The molecule has 0 spiro atoms. The third kappa shape index (κ3) is 2.66. The molecular weight excluding hydrogens is 230 g/mol. The zero-order valence-corrected chi connectivity index (χ0v) is 11.5. The molecule has 3 rings (SSSR count). The van der Waals surface area contributed by atoms with Gasteiger partial charge in [0.25, 0.3) is 0 Å². The van der Waals surface area contributed by atoms with E-state index in [1.54, 1.807) is 0 Å². The molecule has 2 aromatic rings. The van der Waals surface area contributed by atoms with E-state index in [9.17, 15) is 0 Å². The summed E-state index contributed by atoms with van der Waals surface area (Å²) in [6.07, 6.45) is 6.70. The van der Waals surface area contributed by atoms with Crippen LogP contribution in [0.4, 0.5) is 0 Å². The van der Waals surface area contributed by atoms with Gasteiger partial charge in [0.15, 0.2) is 0 Å². The van der Waals surface area contributed by atoms with Crippen molar-refractivity contribution in [2.45, 2.75) is 32.1 Å². The van der Waals surface area contributed by atoms with Gasteiger partial charge in [0.2, 0.25) is 0 Å². The van der Waals surface area contributed by atoms with E-state index in [1.807, 2.05) is 0 Å². The first-order valence-corrected chi connectivity index (χ1v) is 7.55. The van der Waals surface area contributed by atoms with E-state index in [0.29, 0.717) is 5.92 Å². The van der Waals surface area contributed by atoms with E-state index in [-0.39, 0.29) is 0 Å². The van der Waals surface area contributed by atoms with E-state index < -0.39 is 0 Å². The number of benzene rings is 2. The molecule has 1 aliphatic carbocycles. The largest absolute Gasteiger partial charge is 0.330 e. The third-order valence-electron chi connectivity index (χ3n) is 4.73. The Hall–Kier alpha value is -1.34. The highest BCUT2D eigenvalue weighted by atomic mass is 14.6. The van der Waals surface area contributed by atoms with Crippen molar-refractivity contribution in [2.75, 3.05) is 6.54 Å². The molecule has 2 N–H and O–H groups in total. The number of hydrogen-bond acceptors (Lipinski definition) is 1. The maximum absolute atomic E-state index is 6.04. The molecule has 0 aromatic heterocycles. The fourth-order valence-electron chi connectivity index (χ4n) is 3.62. The smallest absolute Gasteiger partial charge is 0.00430 e. The maximum atomic E-state index is 6.04. The van der Waals surface area contributed by atoms with Gasteiger partial charge >= 0.3 is 0 Å². The van der Waals surface area contributed by atoms with Gasteiger partial charge in [0.05, 0.1) is 0 Å². The van der Waals surface area contributed by atoms with Gasteiger partial charge in [0.1, 0.15) is 0 Å². The van der Waals surface area contributed by atoms with Gasteiger partial charge in [-0.25, -0.2) is 0 Å². The van der Waals surface area contributed by atoms with Gasteiger partial charge in [-0.2, -0.15) is 0 Å². The second-order valence-corrected chi connectivity index (χ2v) is 5.88. The molecular formula is C18H23N. The quantitative estimate of drug-likeness (QED) is 0.870. The molecule has 1 aliphatic rings. The lowest BCUT2D eigenvalue weighted by Gasteiger charge is -2.22. The average Bonchev–Trinajstić information content (AvgIpc) is 2.99. The Morgan fingerprint density at radius 3 is 2.53 bits per heavy atom. The zero-order valence-electron chi connectivity index (χ0n) is 11.5. The molecule has 0 amide bonds. The normalized spacial score (nSPS) is 17.9. The lowest BCUT2D eigenvalue weighted by molar-refractivity contribution is 0.345. The van der Waals surface area contributed by atoms with Gasteiger partial charge in [-0.15, -0.1) is 0 Å². The Bertz CT molecular complexity index is 535. The van der Waals surface area contributed by atoms with E-state index in [2.05, 4.69) is 42.5 Å².